The van der Waals surface area contributed by atoms with Crippen LogP contribution in [0, 0.1) is 5.92 Å². The summed E-state index contributed by atoms with van der Waals surface area (Å²) in [7, 11) is 0. The molecule has 1 amide bonds. The van der Waals surface area contributed by atoms with E-state index in [1.165, 1.54) is 24.2 Å². The molecule has 1 aliphatic carbocycles. The molecule has 19 heavy (non-hydrogen) atoms. The van der Waals surface area contributed by atoms with E-state index in [2.05, 4.69) is 34.6 Å². The molecule has 0 fully saturated rings. The summed E-state index contributed by atoms with van der Waals surface area (Å²) in [6, 6.07) is 0. The SMILES string of the molecule is CCCCCc1nnc(NC(=O)C2CC=CCC2)s1. The van der Waals surface area contributed by atoms with Crippen molar-refractivity contribution >= 4 is 22.4 Å². The first kappa shape index (κ1) is 14.2. The number of carbonyl (C=O) groups excluding carboxylic acids is 1. The van der Waals surface area contributed by atoms with Crippen molar-refractivity contribution in [3.05, 3.63) is 17.2 Å². The average molecular weight is 279 g/mol. The molecule has 1 heterocycles. The van der Waals surface area contributed by atoms with Gasteiger partial charge in [-0.25, -0.2) is 0 Å². The van der Waals surface area contributed by atoms with E-state index in [0.717, 1.165) is 37.1 Å². The summed E-state index contributed by atoms with van der Waals surface area (Å²) in [6.45, 7) is 2.18. The smallest absolute Gasteiger partial charge is 0.229 e. The molecular weight excluding hydrogens is 258 g/mol. The number of aryl methyl sites for hydroxylation is 1. The number of hydrogen-bond acceptors (Lipinski definition) is 4. The first-order valence-electron chi connectivity index (χ1n) is 7.08. The Balaban J connectivity index is 1.81. The summed E-state index contributed by atoms with van der Waals surface area (Å²) in [4.78, 5) is 12.0. The summed E-state index contributed by atoms with van der Waals surface area (Å²) in [5.74, 6) is 0.179. The molecule has 0 saturated carbocycles. The van der Waals surface area contributed by atoms with E-state index in [4.69, 9.17) is 0 Å². The minimum Gasteiger partial charge on any atom is -0.300 e. The first-order valence-corrected chi connectivity index (χ1v) is 7.89. The number of nitrogens with zero attached hydrogens (tertiary/aromatic N) is 2. The molecular formula is C14H21N3OS. The van der Waals surface area contributed by atoms with Crippen molar-refractivity contribution in [2.75, 3.05) is 5.32 Å². The second-order valence-corrected chi connectivity index (χ2v) is 5.99. The fourth-order valence-corrected chi connectivity index (χ4v) is 2.96. The number of anilines is 1. The topological polar surface area (TPSA) is 54.9 Å². The molecule has 0 spiro atoms. The Kier molecular flexibility index (Phi) is 5.51. The molecule has 1 aromatic rings. The van der Waals surface area contributed by atoms with Gasteiger partial charge in [0.2, 0.25) is 11.0 Å². The fourth-order valence-electron chi connectivity index (χ4n) is 2.17. The van der Waals surface area contributed by atoms with E-state index in [0.29, 0.717) is 5.13 Å². The monoisotopic (exact) mass is 279 g/mol. The zero-order valence-corrected chi connectivity index (χ0v) is 12.2. The number of rotatable bonds is 6. The Hall–Kier alpha value is -1.23. The average Bonchev–Trinajstić information content (AvgIpc) is 2.88. The molecule has 5 heteroatoms. The molecule has 0 aromatic carbocycles. The van der Waals surface area contributed by atoms with Crippen LogP contribution in [0.4, 0.5) is 5.13 Å². The lowest BCUT2D eigenvalue weighted by Crippen LogP contribution is -2.23. The number of unbranched alkanes of at least 4 members (excludes halogenated alkanes) is 2. The van der Waals surface area contributed by atoms with Gasteiger partial charge in [-0.05, 0) is 25.7 Å². The van der Waals surface area contributed by atoms with Gasteiger partial charge in [-0.15, -0.1) is 10.2 Å². The van der Waals surface area contributed by atoms with Crippen LogP contribution in [0.1, 0.15) is 50.5 Å². The third kappa shape index (κ3) is 4.42. The van der Waals surface area contributed by atoms with Crippen LogP contribution < -0.4 is 5.32 Å². The van der Waals surface area contributed by atoms with E-state index < -0.39 is 0 Å². The molecule has 1 aliphatic rings. The lowest BCUT2D eigenvalue weighted by Gasteiger charge is -2.15. The largest absolute Gasteiger partial charge is 0.300 e. The highest BCUT2D eigenvalue weighted by Crippen LogP contribution is 2.22. The second kappa shape index (κ2) is 7.38. The van der Waals surface area contributed by atoms with Crippen molar-refractivity contribution < 1.29 is 4.79 Å². The van der Waals surface area contributed by atoms with Crippen molar-refractivity contribution in [2.45, 2.75) is 51.9 Å². The summed E-state index contributed by atoms with van der Waals surface area (Å²) < 4.78 is 0. The van der Waals surface area contributed by atoms with E-state index in [1.54, 1.807) is 0 Å². The van der Waals surface area contributed by atoms with Gasteiger partial charge in [0.1, 0.15) is 5.01 Å². The highest BCUT2D eigenvalue weighted by molar-refractivity contribution is 7.15. The minimum atomic E-state index is 0.0839. The molecule has 0 saturated heterocycles. The number of carbonyl (C=O) groups is 1. The summed E-state index contributed by atoms with van der Waals surface area (Å²) in [5.41, 5.74) is 0. The van der Waals surface area contributed by atoms with Crippen molar-refractivity contribution in [3.8, 4) is 0 Å². The minimum absolute atomic E-state index is 0.0839. The predicted molar refractivity (Wildman–Crippen MR) is 78.2 cm³/mol. The number of allylic oxidation sites excluding steroid dienone is 2. The van der Waals surface area contributed by atoms with Crippen molar-refractivity contribution in [3.63, 3.8) is 0 Å². The lowest BCUT2D eigenvalue weighted by atomic mass is 9.94. The van der Waals surface area contributed by atoms with Crippen LogP contribution in [0.25, 0.3) is 0 Å². The third-order valence-electron chi connectivity index (χ3n) is 3.33. The molecule has 1 atom stereocenters. The molecule has 104 valence electrons. The molecule has 0 aliphatic heterocycles. The van der Waals surface area contributed by atoms with Crippen molar-refractivity contribution in [2.24, 2.45) is 5.92 Å². The molecule has 1 unspecified atom stereocenters. The maximum absolute atomic E-state index is 12.0. The maximum Gasteiger partial charge on any atom is 0.229 e. The van der Waals surface area contributed by atoms with E-state index in [1.807, 2.05) is 0 Å². The Morgan fingerprint density at radius 1 is 1.42 bits per heavy atom. The van der Waals surface area contributed by atoms with Crippen LogP contribution in [-0.2, 0) is 11.2 Å². The van der Waals surface area contributed by atoms with Gasteiger partial charge in [0.15, 0.2) is 0 Å². The quantitative estimate of drug-likeness (QED) is 0.640. The van der Waals surface area contributed by atoms with Gasteiger partial charge < -0.3 is 5.32 Å². The van der Waals surface area contributed by atoms with Crippen molar-refractivity contribution in [1.82, 2.24) is 10.2 Å². The molecule has 1 N–H and O–H groups in total. The van der Waals surface area contributed by atoms with Crippen LogP contribution in [-0.4, -0.2) is 16.1 Å². The number of hydrogen-bond donors (Lipinski definition) is 1. The van der Waals surface area contributed by atoms with Gasteiger partial charge in [0.05, 0.1) is 0 Å². The number of amides is 1. The summed E-state index contributed by atoms with van der Waals surface area (Å²) in [6.07, 6.45) is 11.5. The zero-order valence-electron chi connectivity index (χ0n) is 11.4. The van der Waals surface area contributed by atoms with Crippen LogP contribution in [0.2, 0.25) is 0 Å². The van der Waals surface area contributed by atoms with Crippen molar-refractivity contribution in [1.29, 1.82) is 0 Å². The Morgan fingerprint density at radius 3 is 3.05 bits per heavy atom. The Labute approximate surface area is 118 Å². The third-order valence-corrected chi connectivity index (χ3v) is 4.23. The van der Waals surface area contributed by atoms with E-state index in [9.17, 15) is 4.79 Å². The number of nitrogens with one attached hydrogen (secondary N) is 1. The highest BCUT2D eigenvalue weighted by atomic mass is 32.1. The zero-order chi connectivity index (χ0) is 13.5. The highest BCUT2D eigenvalue weighted by Gasteiger charge is 2.19. The van der Waals surface area contributed by atoms with Crippen LogP contribution in [0.5, 0.6) is 0 Å². The summed E-state index contributed by atoms with van der Waals surface area (Å²) in [5, 5.41) is 12.7. The van der Waals surface area contributed by atoms with Gasteiger partial charge in [-0.3, -0.25) is 4.79 Å². The normalized spacial score (nSPS) is 18.5. The maximum atomic E-state index is 12.0. The van der Waals surface area contributed by atoms with Crippen LogP contribution in [0.15, 0.2) is 12.2 Å². The fraction of sp³-hybridized carbons (Fsp3) is 0.643. The van der Waals surface area contributed by atoms with E-state index in [-0.39, 0.29) is 11.8 Å². The lowest BCUT2D eigenvalue weighted by molar-refractivity contribution is -0.120. The molecule has 1 aromatic heterocycles. The van der Waals surface area contributed by atoms with Gasteiger partial charge in [-0.2, -0.15) is 0 Å². The molecule has 2 rings (SSSR count). The van der Waals surface area contributed by atoms with Gasteiger partial charge in [-0.1, -0.05) is 43.3 Å². The second-order valence-electron chi connectivity index (χ2n) is 4.93. The predicted octanol–water partition coefficient (Wildman–Crippen LogP) is 3.57. The Bertz CT molecular complexity index is 442. The molecule has 4 nitrogen and oxygen atoms in total. The van der Waals surface area contributed by atoms with Crippen LogP contribution >= 0.6 is 11.3 Å². The summed E-state index contributed by atoms with van der Waals surface area (Å²) >= 11 is 1.50. The van der Waals surface area contributed by atoms with Gasteiger partial charge in [0, 0.05) is 12.3 Å². The molecule has 0 bridgehead atoms. The number of aromatic nitrogens is 2. The Morgan fingerprint density at radius 2 is 2.32 bits per heavy atom. The van der Waals surface area contributed by atoms with Gasteiger partial charge >= 0.3 is 0 Å². The van der Waals surface area contributed by atoms with E-state index >= 15 is 0 Å². The van der Waals surface area contributed by atoms with Crippen LogP contribution in [0.3, 0.4) is 0 Å². The first-order chi connectivity index (χ1) is 9.29. The molecule has 0 radical (unpaired) electrons. The van der Waals surface area contributed by atoms with Gasteiger partial charge in [0.25, 0.3) is 0 Å². The standard InChI is InChI=1S/C14H21N3OS/c1-2-3-5-10-12-16-17-14(19-12)15-13(18)11-8-6-4-7-9-11/h4,6,11H,2-3,5,7-10H2,1H3,(H,15,17,18).